The number of pyridine rings is 1. The lowest BCUT2D eigenvalue weighted by Gasteiger charge is -2.46. The summed E-state index contributed by atoms with van der Waals surface area (Å²) in [5, 5.41) is 13.0. The molecule has 1 heterocycles. The summed E-state index contributed by atoms with van der Waals surface area (Å²) in [7, 11) is -2.11. The van der Waals surface area contributed by atoms with Gasteiger partial charge in [0.2, 0.25) is 10.0 Å². The fourth-order valence-corrected chi connectivity index (χ4v) is 3.81. The first-order valence-corrected chi connectivity index (χ1v) is 9.31. The SMILES string of the molecule is CNS(=O)(=O)c1ccc(NCC2(c3ccccc3)CC(O)C2)nc1. The molecule has 1 saturated carbocycles. The molecule has 0 bridgehead atoms. The molecule has 2 aromatic rings. The molecule has 1 aliphatic carbocycles. The fraction of sp³-hybridized carbons (Fsp3) is 0.353. The van der Waals surface area contributed by atoms with Gasteiger partial charge in [-0.3, -0.25) is 0 Å². The molecule has 7 heteroatoms. The Balaban J connectivity index is 1.72. The molecular formula is C17H21N3O3S. The Morgan fingerprint density at radius 2 is 1.92 bits per heavy atom. The van der Waals surface area contributed by atoms with Gasteiger partial charge in [-0.05, 0) is 37.6 Å². The van der Waals surface area contributed by atoms with Crippen LogP contribution in [0.4, 0.5) is 5.82 Å². The van der Waals surface area contributed by atoms with Crippen molar-refractivity contribution in [2.75, 3.05) is 18.9 Å². The van der Waals surface area contributed by atoms with Crippen molar-refractivity contribution in [3.05, 3.63) is 54.2 Å². The first-order valence-electron chi connectivity index (χ1n) is 7.82. The molecule has 24 heavy (non-hydrogen) atoms. The van der Waals surface area contributed by atoms with E-state index in [0.29, 0.717) is 25.2 Å². The second-order valence-corrected chi connectivity index (χ2v) is 8.04. The summed E-state index contributed by atoms with van der Waals surface area (Å²) in [6, 6.07) is 13.3. The van der Waals surface area contributed by atoms with Crippen molar-refractivity contribution in [1.29, 1.82) is 0 Å². The number of sulfonamides is 1. The highest BCUT2D eigenvalue weighted by Gasteiger charge is 2.44. The highest BCUT2D eigenvalue weighted by Crippen LogP contribution is 2.43. The minimum Gasteiger partial charge on any atom is -0.393 e. The van der Waals surface area contributed by atoms with Crippen LogP contribution in [0, 0.1) is 0 Å². The number of nitrogens with one attached hydrogen (secondary N) is 2. The molecule has 0 aliphatic heterocycles. The molecule has 1 aromatic heterocycles. The zero-order valence-corrected chi connectivity index (χ0v) is 14.3. The van der Waals surface area contributed by atoms with E-state index in [1.54, 1.807) is 6.07 Å². The van der Waals surface area contributed by atoms with E-state index in [-0.39, 0.29) is 16.4 Å². The van der Waals surface area contributed by atoms with Gasteiger partial charge in [0.05, 0.1) is 6.10 Å². The number of anilines is 1. The van der Waals surface area contributed by atoms with E-state index in [0.717, 1.165) is 0 Å². The van der Waals surface area contributed by atoms with E-state index in [4.69, 9.17) is 0 Å². The average Bonchev–Trinajstić information content (AvgIpc) is 2.59. The maximum atomic E-state index is 11.7. The lowest BCUT2D eigenvalue weighted by molar-refractivity contribution is 0.0242. The first kappa shape index (κ1) is 16.9. The van der Waals surface area contributed by atoms with Crippen LogP contribution in [-0.2, 0) is 15.4 Å². The normalized spacial score (nSPS) is 23.5. The number of aliphatic hydroxyl groups is 1. The fourth-order valence-electron chi connectivity index (χ4n) is 3.14. The smallest absolute Gasteiger partial charge is 0.241 e. The first-order chi connectivity index (χ1) is 11.5. The Morgan fingerprint density at radius 3 is 2.46 bits per heavy atom. The van der Waals surface area contributed by atoms with Crippen LogP contribution >= 0.6 is 0 Å². The highest BCUT2D eigenvalue weighted by atomic mass is 32.2. The lowest BCUT2D eigenvalue weighted by Crippen LogP contribution is -2.49. The van der Waals surface area contributed by atoms with Gasteiger partial charge < -0.3 is 10.4 Å². The third kappa shape index (κ3) is 3.28. The zero-order valence-electron chi connectivity index (χ0n) is 13.4. The molecule has 1 aliphatic rings. The van der Waals surface area contributed by atoms with Crippen molar-refractivity contribution >= 4 is 15.8 Å². The summed E-state index contributed by atoms with van der Waals surface area (Å²) < 4.78 is 25.7. The summed E-state index contributed by atoms with van der Waals surface area (Å²) in [6.07, 6.45) is 2.47. The molecule has 0 atom stereocenters. The number of rotatable bonds is 6. The van der Waals surface area contributed by atoms with Crippen LogP contribution in [0.1, 0.15) is 18.4 Å². The number of nitrogens with zero attached hydrogens (tertiary/aromatic N) is 1. The standard InChI is InChI=1S/C17H21N3O3S/c1-18-24(22,23)15-7-8-16(19-11-15)20-12-17(9-14(21)10-17)13-5-3-2-4-6-13/h2-8,11,14,18,21H,9-10,12H2,1H3,(H,19,20). The molecule has 0 amide bonds. The Hall–Kier alpha value is -1.96. The van der Waals surface area contributed by atoms with Gasteiger partial charge in [0.1, 0.15) is 10.7 Å². The van der Waals surface area contributed by atoms with E-state index in [9.17, 15) is 13.5 Å². The topological polar surface area (TPSA) is 91.3 Å². The van der Waals surface area contributed by atoms with Crippen LogP contribution < -0.4 is 10.0 Å². The molecular weight excluding hydrogens is 326 g/mol. The average molecular weight is 347 g/mol. The third-order valence-corrected chi connectivity index (χ3v) is 5.96. The minimum absolute atomic E-state index is 0.113. The zero-order chi connectivity index (χ0) is 17.2. The second-order valence-electron chi connectivity index (χ2n) is 6.15. The number of hydrogen-bond acceptors (Lipinski definition) is 5. The maximum absolute atomic E-state index is 11.7. The summed E-state index contributed by atoms with van der Waals surface area (Å²) in [5.41, 5.74) is 1.08. The summed E-state index contributed by atoms with van der Waals surface area (Å²) in [4.78, 5) is 4.31. The van der Waals surface area contributed by atoms with Crippen LogP contribution in [-0.4, -0.2) is 38.2 Å². The van der Waals surface area contributed by atoms with E-state index in [2.05, 4.69) is 27.2 Å². The van der Waals surface area contributed by atoms with Crippen molar-refractivity contribution < 1.29 is 13.5 Å². The molecule has 1 fully saturated rings. The maximum Gasteiger partial charge on any atom is 0.241 e. The van der Waals surface area contributed by atoms with Crippen molar-refractivity contribution in [3.8, 4) is 0 Å². The van der Waals surface area contributed by atoms with Crippen LogP contribution in [0.25, 0.3) is 0 Å². The van der Waals surface area contributed by atoms with Crippen molar-refractivity contribution in [3.63, 3.8) is 0 Å². The van der Waals surface area contributed by atoms with Gasteiger partial charge in [-0.2, -0.15) is 0 Å². The number of aliphatic hydroxyl groups excluding tert-OH is 1. The van der Waals surface area contributed by atoms with E-state index < -0.39 is 10.0 Å². The second kappa shape index (κ2) is 6.51. The molecule has 3 rings (SSSR count). The Labute approximate surface area is 142 Å². The molecule has 128 valence electrons. The molecule has 0 spiro atoms. The predicted molar refractivity (Wildman–Crippen MR) is 92.3 cm³/mol. The van der Waals surface area contributed by atoms with Crippen LogP contribution in [0.5, 0.6) is 0 Å². The van der Waals surface area contributed by atoms with Crippen LogP contribution in [0.15, 0.2) is 53.6 Å². The monoisotopic (exact) mass is 347 g/mol. The van der Waals surface area contributed by atoms with Gasteiger partial charge in [0.15, 0.2) is 0 Å². The Kier molecular flexibility index (Phi) is 4.58. The summed E-state index contributed by atoms with van der Waals surface area (Å²) >= 11 is 0. The van der Waals surface area contributed by atoms with E-state index >= 15 is 0 Å². The van der Waals surface area contributed by atoms with Gasteiger partial charge in [0, 0.05) is 18.2 Å². The van der Waals surface area contributed by atoms with E-state index in [1.807, 2.05) is 18.2 Å². The quantitative estimate of drug-likeness (QED) is 0.736. The van der Waals surface area contributed by atoms with E-state index in [1.165, 1.54) is 24.9 Å². The number of benzene rings is 1. The lowest BCUT2D eigenvalue weighted by atomic mass is 9.62. The largest absolute Gasteiger partial charge is 0.393 e. The van der Waals surface area contributed by atoms with Gasteiger partial charge in [0.25, 0.3) is 0 Å². The third-order valence-electron chi connectivity index (χ3n) is 4.56. The summed E-state index contributed by atoms with van der Waals surface area (Å²) in [5.74, 6) is 0.613. The number of aromatic nitrogens is 1. The van der Waals surface area contributed by atoms with Crippen molar-refractivity contribution in [2.24, 2.45) is 0 Å². The molecule has 0 saturated heterocycles. The van der Waals surface area contributed by atoms with Gasteiger partial charge in [-0.1, -0.05) is 30.3 Å². The Bertz CT molecular complexity index is 786. The predicted octanol–water partition coefficient (Wildman–Crippen LogP) is 1.49. The molecule has 0 radical (unpaired) electrons. The highest BCUT2D eigenvalue weighted by molar-refractivity contribution is 7.89. The van der Waals surface area contributed by atoms with Gasteiger partial charge in [-0.15, -0.1) is 0 Å². The van der Waals surface area contributed by atoms with Crippen LogP contribution in [0.2, 0.25) is 0 Å². The number of hydrogen-bond donors (Lipinski definition) is 3. The molecule has 3 N–H and O–H groups in total. The minimum atomic E-state index is -3.48. The van der Waals surface area contributed by atoms with Crippen molar-refractivity contribution in [2.45, 2.75) is 29.3 Å². The van der Waals surface area contributed by atoms with Gasteiger partial charge >= 0.3 is 0 Å². The van der Waals surface area contributed by atoms with Crippen molar-refractivity contribution in [1.82, 2.24) is 9.71 Å². The Morgan fingerprint density at radius 1 is 1.21 bits per heavy atom. The van der Waals surface area contributed by atoms with Gasteiger partial charge in [-0.25, -0.2) is 18.1 Å². The molecule has 0 unspecified atom stereocenters. The summed E-state index contributed by atoms with van der Waals surface area (Å²) in [6.45, 7) is 0.638. The van der Waals surface area contributed by atoms with Crippen LogP contribution in [0.3, 0.4) is 0 Å². The molecule has 6 nitrogen and oxygen atoms in total. The molecule has 1 aromatic carbocycles.